The molecule has 0 amide bonds. The van der Waals surface area contributed by atoms with Gasteiger partial charge in [-0.3, -0.25) is 4.68 Å². The molecule has 1 saturated carbocycles. The Balaban J connectivity index is 1.79. The summed E-state index contributed by atoms with van der Waals surface area (Å²) in [6.45, 7) is 5.57. The molecule has 0 saturated heterocycles. The summed E-state index contributed by atoms with van der Waals surface area (Å²) in [6.07, 6.45) is 5.27. The SMILES string of the molecule is CC1(C)CCC(OCCn2ccc(S(N)(=O)=O)n2)C1. The van der Waals surface area contributed by atoms with E-state index in [1.165, 1.54) is 12.5 Å². The molecule has 6 nitrogen and oxygen atoms in total. The zero-order valence-corrected chi connectivity index (χ0v) is 12.2. The number of hydrogen-bond donors (Lipinski definition) is 1. The molecule has 7 heteroatoms. The molecule has 1 aliphatic rings. The van der Waals surface area contributed by atoms with Gasteiger partial charge in [0.1, 0.15) is 0 Å². The Morgan fingerprint density at radius 3 is 2.84 bits per heavy atom. The maximum atomic E-state index is 11.1. The molecule has 0 aromatic carbocycles. The van der Waals surface area contributed by atoms with Crippen LogP contribution in [0.2, 0.25) is 0 Å². The predicted molar refractivity (Wildman–Crippen MR) is 71.0 cm³/mol. The number of primary sulfonamides is 1. The summed E-state index contributed by atoms with van der Waals surface area (Å²) in [5.74, 6) is 0. The summed E-state index contributed by atoms with van der Waals surface area (Å²) in [7, 11) is -3.71. The Morgan fingerprint density at radius 1 is 1.58 bits per heavy atom. The van der Waals surface area contributed by atoms with Gasteiger partial charge in [-0.2, -0.15) is 5.10 Å². The Morgan fingerprint density at radius 2 is 2.32 bits per heavy atom. The molecular formula is C12H21N3O3S. The molecule has 0 spiro atoms. The number of rotatable bonds is 5. The maximum Gasteiger partial charge on any atom is 0.257 e. The molecule has 2 rings (SSSR count). The van der Waals surface area contributed by atoms with Crippen molar-refractivity contribution in [3.05, 3.63) is 12.3 Å². The zero-order chi connectivity index (χ0) is 14.1. The van der Waals surface area contributed by atoms with Crippen LogP contribution in [0.3, 0.4) is 0 Å². The van der Waals surface area contributed by atoms with Gasteiger partial charge in [0, 0.05) is 6.20 Å². The Hall–Kier alpha value is -0.920. The predicted octanol–water partition coefficient (Wildman–Crippen LogP) is 1.13. The normalized spacial score (nSPS) is 22.8. The van der Waals surface area contributed by atoms with Gasteiger partial charge in [-0.1, -0.05) is 13.8 Å². The van der Waals surface area contributed by atoms with Gasteiger partial charge in [-0.05, 0) is 30.7 Å². The quantitative estimate of drug-likeness (QED) is 0.879. The van der Waals surface area contributed by atoms with E-state index in [0.29, 0.717) is 24.7 Å². The molecule has 0 aliphatic heterocycles. The summed E-state index contributed by atoms with van der Waals surface area (Å²) in [6, 6.07) is 1.40. The highest BCUT2D eigenvalue weighted by molar-refractivity contribution is 7.89. The summed E-state index contributed by atoms with van der Waals surface area (Å²) in [4.78, 5) is 0. The largest absolute Gasteiger partial charge is 0.376 e. The molecular weight excluding hydrogens is 266 g/mol. The fourth-order valence-electron chi connectivity index (χ4n) is 2.45. The zero-order valence-electron chi connectivity index (χ0n) is 11.4. The van der Waals surface area contributed by atoms with E-state index in [4.69, 9.17) is 9.88 Å². The number of ether oxygens (including phenoxy) is 1. The highest BCUT2D eigenvalue weighted by Crippen LogP contribution is 2.38. The number of aromatic nitrogens is 2. The van der Waals surface area contributed by atoms with E-state index >= 15 is 0 Å². The molecule has 0 radical (unpaired) electrons. The van der Waals surface area contributed by atoms with Crippen LogP contribution in [0.15, 0.2) is 17.3 Å². The van der Waals surface area contributed by atoms with Crippen LogP contribution in [-0.4, -0.2) is 30.9 Å². The lowest BCUT2D eigenvalue weighted by Crippen LogP contribution is -2.17. The minimum absolute atomic E-state index is 0.102. The van der Waals surface area contributed by atoms with Crippen molar-refractivity contribution in [2.24, 2.45) is 10.6 Å². The van der Waals surface area contributed by atoms with Gasteiger partial charge < -0.3 is 4.74 Å². The third kappa shape index (κ3) is 4.02. The molecule has 108 valence electrons. The Bertz CT molecular complexity index is 536. The van der Waals surface area contributed by atoms with Crippen molar-refractivity contribution >= 4 is 10.0 Å². The van der Waals surface area contributed by atoms with E-state index in [1.807, 2.05) is 0 Å². The number of nitrogens with zero attached hydrogens (tertiary/aromatic N) is 2. The third-order valence-electron chi connectivity index (χ3n) is 3.50. The van der Waals surface area contributed by atoms with Gasteiger partial charge in [-0.15, -0.1) is 0 Å². The van der Waals surface area contributed by atoms with Gasteiger partial charge >= 0.3 is 0 Å². The third-order valence-corrected chi connectivity index (χ3v) is 4.31. The molecule has 1 aliphatic carbocycles. The number of nitrogens with two attached hydrogens (primary N) is 1. The maximum absolute atomic E-state index is 11.1. The van der Waals surface area contributed by atoms with Gasteiger partial charge in [0.15, 0.2) is 5.03 Å². The highest BCUT2D eigenvalue weighted by atomic mass is 32.2. The molecule has 1 aromatic rings. The van der Waals surface area contributed by atoms with Crippen LogP contribution in [0.25, 0.3) is 0 Å². The van der Waals surface area contributed by atoms with Gasteiger partial charge in [0.2, 0.25) is 0 Å². The fourth-order valence-corrected chi connectivity index (χ4v) is 2.92. The highest BCUT2D eigenvalue weighted by Gasteiger charge is 2.31. The minimum Gasteiger partial charge on any atom is -0.376 e. The summed E-state index contributed by atoms with van der Waals surface area (Å²) in [5, 5.41) is 8.79. The van der Waals surface area contributed by atoms with E-state index in [-0.39, 0.29) is 5.03 Å². The van der Waals surface area contributed by atoms with Crippen molar-refractivity contribution in [1.82, 2.24) is 9.78 Å². The number of sulfonamides is 1. The molecule has 1 unspecified atom stereocenters. The van der Waals surface area contributed by atoms with Crippen LogP contribution >= 0.6 is 0 Å². The van der Waals surface area contributed by atoms with Crippen molar-refractivity contribution in [2.75, 3.05) is 6.61 Å². The lowest BCUT2D eigenvalue weighted by atomic mass is 9.92. The van der Waals surface area contributed by atoms with E-state index in [1.54, 1.807) is 10.9 Å². The molecule has 2 N–H and O–H groups in total. The average Bonchev–Trinajstić information content (AvgIpc) is 2.85. The second-order valence-corrected chi connectivity index (χ2v) is 7.37. The summed E-state index contributed by atoms with van der Waals surface area (Å²) < 4.78 is 29.5. The van der Waals surface area contributed by atoms with E-state index in [9.17, 15) is 8.42 Å². The van der Waals surface area contributed by atoms with Gasteiger partial charge in [-0.25, -0.2) is 13.6 Å². The minimum atomic E-state index is -3.71. The standard InChI is InChI=1S/C12H21N3O3S/c1-12(2)5-3-10(9-12)18-8-7-15-6-4-11(14-15)19(13,16)17/h4,6,10H,3,5,7-9H2,1-2H3,(H2,13,16,17). The second kappa shape index (κ2) is 5.22. The Kier molecular flexibility index (Phi) is 3.98. The Labute approximate surface area is 114 Å². The second-order valence-electron chi connectivity index (χ2n) is 5.86. The van der Waals surface area contributed by atoms with Gasteiger partial charge in [0.05, 0.1) is 19.3 Å². The van der Waals surface area contributed by atoms with Crippen molar-refractivity contribution in [3.8, 4) is 0 Å². The fraction of sp³-hybridized carbons (Fsp3) is 0.750. The van der Waals surface area contributed by atoms with Crippen LogP contribution in [0.4, 0.5) is 0 Å². The van der Waals surface area contributed by atoms with Gasteiger partial charge in [0.25, 0.3) is 10.0 Å². The van der Waals surface area contributed by atoms with E-state index in [2.05, 4.69) is 18.9 Å². The van der Waals surface area contributed by atoms with Crippen molar-refractivity contribution in [3.63, 3.8) is 0 Å². The first-order chi connectivity index (χ1) is 8.76. The molecule has 1 heterocycles. The topological polar surface area (TPSA) is 87.2 Å². The van der Waals surface area contributed by atoms with Crippen LogP contribution in [0.5, 0.6) is 0 Å². The molecule has 1 aromatic heterocycles. The van der Waals surface area contributed by atoms with Crippen molar-refractivity contribution in [2.45, 2.75) is 50.8 Å². The van der Waals surface area contributed by atoms with Crippen LogP contribution in [-0.2, 0) is 21.3 Å². The monoisotopic (exact) mass is 287 g/mol. The first-order valence-electron chi connectivity index (χ1n) is 6.44. The molecule has 19 heavy (non-hydrogen) atoms. The first-order valence-corrected chi connectivity index (χ1v) is 7.99. The van der Waals surface area contributed by atoms with E-state index in [0.717, 1.165) is 12.8 Å². The van der Waals surface area contributed by atoms with E-state index < -0.39 is 10.0 Å². The molecule has 0 bridgehead atoms. The lowest BCUT2D eigenvalue weighted by Gasteiger charge is -2.17. The molecule has 1 fully saturated rings. The van der Waals surface area contributed by atoms with Crippen molar-refractivity contribution < 1.29 is 13.2 Å². The van der Waals surface area contributed by atoms with Crippen LogP contribution < -0.4 is 5.14 Å². The summed E-state index contributed by atoms with van der Waals surface area (Å²) in [5.41, 5.74) is 0.372. The molecule has 1 atom stereocenters. The van der Waals surface area contributed by atoms with Crippen LogP contribution in [0.1, 0.15) is 33.1 Å². The smallest absolute Gasteiger partial charge is 0.257 e. The lowest BCUT2D eigenvalue weighted by molar-refractivity contribution is 0.0448. The first kappa shape index (κ1) is 14.5. The number of hydrogen-bond acceptors (Lipinski definition) is 4. The average molecular weight is 287 g/mol. The summed E-state index contributed by atoms with van der Waals surface area (Å²) >= 11 is 0. The van der Waals surface area contributed by atoms with Crippen LogP contribution in [0, 0.1) is 5.41 Å². The van der Waals surface area contributed by atoms with Crippen molar-refractivity contribution in [1.29, 1.82) is 0 Å².